The summed E-state index contributed by atoms with van der Waals surface area (Å²) in [6.45, 7) is 1.79. The third kappa shape index (κ3) is 1.55. The highest BCUT2D eigenvalue weighted by Gasteiger charge is 2.13. The zero-order valence-corrected chi connectivity index (χ0v) is 9.18. The van der Waals surface area contributed by atoms with Crippen molar-refractivity contribution in [2.24, 2.45) is 0 Å². The smallest absolute Gasteiger partial charge is 0.279 e. The SMILES string of the molecule is CO[C@@H](C)c1nc2ccccc2c(=O)n1N. The molecule has 0 aliphatic rings. The molecule has 2 N–H and O–H groups in total. The van der Waals surface area contributed by atoms with Crippen molar-refractivity contribution in [2.75, 3.05) is 13.0 Å². The van der Waals surface area contributed by atoms with Crippen molar-refractivity contribution < 1.29 is 4.74 Å². The quantitative estimate of drug-likeness (QED) is 0.759. The van der Waals surface area contributed by atoms with E-state index in [2.05, 4.69) is 4.98 Å². The lowest BCUT2D eigenvalue weighted by atomic mass is 10.2. The van der Waals surface area contributed by atoms with Crippen LogP contribution in [0.2, 0.25) is 0 Å². The summed E-state index contributed by atoms with van der Waals surface area (Å²) < 4.78 is 6.16. The number of para-hydroxylation sites is 1. The lowest BCUT2D eigenvalue weighted by Gasteiger charge is -2.13. The molecule has 0 radical (unpaired) electrons. The van der Waals surface area contributed by atoms with E-state index in [1.165, 1.54) is 0 Å². The third-order valence-corrected chi connectivity index (χ3v) is 2.55. The Morgan fingerprint density at radius 1 is 1.44 bits per heavy atom. The van der Waals surface area contributed by atoms with Crippen LogP contribution in [-0.4, -0.2) is 16.8 Å². The minimum Gasteiger partial charge on any atom is -0.374 e. The highest BCUT2D eigenvalue weighted by Crippen LogP contribution is 2.13. The molecule has 0 aliphatic carbocycles. The van der Waals surface area contributed by atoms with Crippen LogP contribution in [-0.2, 0) is 4.74 Å². The fraction of sp³-hybridized carbons (Fsp3) is 0.273. The van der Waals surface area contributed by atoms with Gasteiger partial charge in [-0.05, 0) is 19.1 Å². The number of benzene rings is 1. The molecule has 0 unspecified atom stereocenters. The van der Waals surface area contributed by atoms with Gasteiger partial charge in [-0.3, -0.25) is 4.79 Å². The van der Waals surface area contributed by atoms with Crippen LogP contribution in [0.3, 0.4) is 0 Å². The van der Waals surface area contributed by atoms with Gasteiger partial charge >= 0.3 is 0 Å². The topological polar surface area (TPSA) is 70.1 Å². The van der Waals surface area contributed by atoms with Crippen LogP contribution in [0.15, 0.2) is 29.1 Å². The number of fused-ring (bicyclic) bond motifs is 1. The lowest BCUT2D eigenvalue weighted by molar-refractivity contribution is 0.109. The molecule has 5 nitrogen and oxygen atoms in total. The fourth-order valence-corrected chi connectivity index (χ4v) is 1.56. The highest BCUT2D eigenvalue weighted by atomic mass is 16.5. The summed E-state index contributed by atoms with van der Waals surface area (Å²) in [5.41, 5.74) is 0.373. The minimum absolute atomic E-state index is 0.260. The second-order valence-electron chi connectivity index (χ2n) is 3.54. The van der Waals surface area contributed by atoms with E-state index in [0.29, 0.717) is 16.7 Å². The van der Waals surface area contributed by atoms with E-state index >= 15 is 0 Å². The molecule has 5 heteroatoms. The van der Waals surface area contributed by atoms with Gasteiger partial charge in [-0.15, -0.1) is 0 Å². The van der Waals surface area contributed by atoms with E-state index in [-0.39, 0.29) is 11.7 Å². The maximum Gasteiger partial charge on any atom is 0.279 e. The molecule has 16 heavy (non-hydrogen) atoms. The predicted molar refractivity (Wildman–Crippen MR) is 61.6 cm³/mol. The number of ether oxygens (including phenoxy) is 1. The van der Waals surface area contributed by atoms with Crippen LogP contribution in [0.4, 0.5) is 0 Å². The maximum absolute atomic E-state index is 11.9. The van der Waals surface area contributed by atoms with Crippen LogP contribution in [0.25, 0.3) is 10.9 Å². The van der Waals surface area contributed by atoms with Gasteiger partial charge in [0.1, 0.15) is 6.10 Å². The number of nitrogens with two attached hydrogens (primary N) is 1. The average molecular weight is 219 g/mol. The number of nitrogens with zero attached hydrogens (tertiary/aromatic N) is 2. The Hall–Kier alpha value is -1.88. The number of methoxy groups -OCH3 is 1. The van der Waals surface area contributed by atoms with E-state index in [0.717, 1.165) is 4.68 Å². The fourth-order valence-electron chi connectivity index (χ4n) is 1.56. The Morgan fingerprint density at radius 3 is 2.81 bits per heavy atom. The number of hydrogen-bond donors (Lipinski definition) is 1. The first-order valence-corrected chi connectivity index (χ1v) is 4.94. The van der Waals surface area contributed by atoms with Crippen molar-refractivity contribution in [1.82, 2.24) is 9.66 Å². The van der Waals surface area contributed by atoms with Gasteiger partial charge in [-0.1, -0.05) is 12.1 Å². The molecule has 2 aromatic rings. The molecule has 0 amide bonds. The summed E-state index contributed by atoms with van der Waals surface area (Å²) in [5, 5.41) is 0.511. The van der Waals surface area contributed by atoms with Crippen molar-refractivity contribution in [3.63, 3.8) is 0 Å². The Balaban J connectivity index is 2.79. The second-order valence-corrected chi connectivity index (χ2v) is 3.54. The van der Waals surface area contributed by atoms with Gasteiger partial charge in [0.05, 0.1) is 10.9 Å². The summed E-state index contributed by atoms with van der Waals surface area (Å²) in [6.07, 6.45) is -0.317. The van der Waals surface area contributed by atoms with Gasteiger partial charge in [-0.2, -0.15) is 0 Å². The van der Waals surface area contributed by atoms with Gasteiger partial charge in [0.25, 0.3) is 5.56 Å². The van der Waals surface area contributed by atoms with E-state index in [1.807, 2.05) is 6.07 Å². The molecule has 1 aromatic heterocycles. The van der Waals surface area contributed by atoms with Crippen molar-refractivity contribution in [2.45, 2.75) is 13.0 Å². The first-order valence-electron chi connectivity index (χ1n) is 4.94. The maximum atomic E-state index is 11.9. The largest absolute Gasteiger partial charge is 0.374 e. The molecule has 2 rings (SSSR count). The molecule has 0 fully saturated rings. The molecule has 0 aliphatic heterocycles. The molecular formula is C11H13N3O2. The monoisotopic (exact) mass is 219 g/mol. The summed E-state index contributed by atoms with van der Waals surface area (Å²) in [6, 6.07) is 7.10. The van der Waals surface area contributed by atoms with E-state index in [1.54, 1.807) is 32.2 Å². The van der Waals surface area contributed by atoms with Crippen LogP contribution in [0.5, 0.6) is 0 Å². The van der Waals surface area contributed by atoms with Crippen LogP contribution >= 0.6 is 0 Å². The van der Waals surface area contributed by atoms with Crippen molar-refractivity contribution in [3.05, 3.63) is 40.4 Å². The Kier molecular flexibility index (Phi) is 2.62. The van der Waals surface area contributed by atoms with Crippen LogP contribution in [0, 0.1) is 0 Å². The van der Waals surface area contributed by atoms with Gasteiger partial charge in [0.15, 0.2) is 5.82 Å². The molecule has 0 bridgehead atoms. The van der Waals surface area contributed by atoms with E-state index < -0.39 is 0 Å². The molecule has 1 aromatic carbocycles. The van der Waals surface area contributed by atoms with Crippen molar-refractivity contribution >= 4 is 10.9 Å². The molecule has 0 spiro atoms. The molecule has 0 saturated carbocycles. The standard InChI is InChI=1S/C11H13N3O2/c1-7(16-2)10-13-9-6-4-3-5-8(9)11(15)14(10)12/h3-7H,12H2,1-2H3/t7-/m0/s1. The number of rotatable bonds is 2. The van der Waals surface area contributed by atoms with Gasteiger partial charge in [0.2, 0.25) is 0 Å². The summed E-state index contributed by atoms with van der Waals surface area (Å²) in [4.78, 5) is 16.2. The number of hydrogen-bond acceptors (Lipinski definition) is 4. The molecule has 1 atom stereocenters. The lowest BCUT2D eigenvalue weighted by Crippen LogP contribution is -2.32. The first-order chi connectivity index (χ1) is 7.65. The normalized spacial score (nSPS) is 12.9. The highest BCUT2D eigenvalue weighted by molar-refractivity contribution is 5.77. The van der Waals surface area contributed by atoms with Gasteiger partial charge in [0, 0.05) is 7.11 Å². The number of nitrogen functional groups attached to an aromatic ring is 1. The summed E-state index contributed by atoms with van der Waals surface area (Å²) in [5.74, 6) is 6.11. The van der Waals surface area contributed by atoms with E-state index in [4.69, 9.17) is 10.6 Å². The van der Waals surface area contributed by atoms with Crippen molar-refractivity contribution in [1.29, 1.82) is 0 Å². The number of aromatic nitrogens is 2. The summed E-state index contributed by atoms with van der Waals surface area (Å²) >= 11 is 0. The second kappa shape index (κ2) is 3.94. The Morgan fingerprint density at radius 2 is 2.12 bits per heavy atom. The molecule has 1 heterocycles. The zero-order chi connectivity index (χ0) is 11.7. The summed E-state index contributed by atoms with van der Waals surface area (Å²) in [7, 11) is 1.55. The average Bonchev–Trinajstić information content (AvgIpc) is 2.33. The molecule has 0 saturated heterocycles. The predicted octanol–water partition coefficient (Wildman–Crippen LogP) is 0.818. The first kappa shape index (κ1) is 10.6. The third-order valence-electron chi connectivity index (χ3n) is 2.55. The van der Waals surface area contributed by atoms with Crippen molar-refractivity contribution in [3.8, 4) is 0 Å². The Bertz CT molecular complexity index is 577. The minimum atomic E-state index is -0.317. The zero-order valence-electron chi connectivity index (χ0n) is 9.18. The molecule has 84 valence electrons. The van der Waals surface area contributed by atoms with Crippen LogP contribution < -0.4 is 11.4 Å². The Labute approximate surface area is 92.4 Å². The van der Waals surface area contributed by atoms with Gasteiger partial charge < -0.3 is 10.6 Å². The van der Waals surface area contributed by atoms with E-state index in [9.17, 15) is 4.79 Å². The van der Waals surface area contributed by atoms with Gasteiger partial charge in [-0.25, -0.2) is 9.66 Å². The van der Waals surface area contributed by atoms with Crippen LogP contribution in [0.1, 0.15) is 18.9 Å². The molecular weight excluding hydrogens is 206 g/mol.